The third-order valence-electron chi connectivity index (χ3n) is 4.35. The molecule has 2 aromatic heterocycles. The van der Waals surface area contributed by atoms with Crippen molar-refractivity contribution in [1.82, 2.24) is 14.3 Å². The maximum absolute atomic E-state index is 11.8. The van der Waals surface area contributed by atoms with E-state index in [1.807, 2.05) is 24.3 Å². The first-order valence-corrected chi connectivity index (χ1v) is 9.71. The molecule has 0 aliphatic carbocycles. The molecular weight excluding hydrogens is 328 g/mol. The fraction of sp³-hybridized carbons (Fsp3) is 0.375. The third kappa shape index (κ3) is 2.71. The first-order chi connectivity index (χ1) is 11.5. The normalized spacial score (nSPS) is 19.8. The molecule has 0 radical (unpaired) electrons. The van der Waals surface area contributed by atoms with Crippen LogP contribution in [-0.2, 0) is 10.0 Å². The van der Waals surface area contributed by atoms with Gasteiger partial charge >= 0.3 is 0 Å². The van der Waals surface area contributed by atoms with Gasteiger partial charge in [-0.15, -0.1) is 0 Å². The Morgan fingerprint density at radius 1 is 1.29 bits per heavy atom. The topological polar surface area (TPSA) is 88.3 Å². The lowest BCUT2D eigenvalue weighted by Gasteiger charge is -2.31. The number of hydrogen-bond donors (Lipinski definition) is 1. The van der Waals surface area contributed by atoms with Crippen LogP contribution >= 0.6 is 0 Å². The molecule has 3 aromatic rings. The van der Waals surface area contributed by atoms with Gasteiger partial charge in [-0.3, -0.25) is 0 Å². The average Bonchev–Trinajstić information content (AvgIpc) is 2.94. The van der Waals surface area contributed by atoms with Crippen LogP contribution in [0.4, 0.5) is 5.82 Å². The highest BCUT2D eigenvalue weighted by atomic mass is 32.2. The monoisotopic (exact) mass is 346 g/mol. The molecular formula is C16H18N4O3S. The Bertz CT molecular complexity index is 999. The molecule has 1 aliphatic heterocycles. The lowest BCUT2D eigenvalue weighted by atomic mass is 10.1. The Labute approximate surface area is 139 Å². The van der Waals surface area contributed by atoms with Crippen LogP contribution in [0.5, 0.6) is 0 Å². The standard InChI is InChI=1S/C16H18N4O3S/c1-24(21,22)20-8-4-5-11(9-20)19-16-15-14(17-10-18-16)12-6-2-3-7-13(12)23-15/h2-3,6-7,10-11H,4-5,8-9H2,1H3,(H,17,18,19). The van der Waals surface area contributed by atoms with E-state index in [-0.39, 0.29) is 6.04 Å². The van der Waals surface area contributed by atoms with E-state index in [0.717, 1.165) is 29.3 Å². The van der Waals surface area contributed by atoms with E-state index in [1.54, 1.807) is 0 Å². The smallest absolute Gasteiger partial charge is 0.211 e. The SMILES string of the molecule is CS(=O)(=O)N1CCCC(Nc2ncnc3c2oc2ccccc23)C1. The molecule has 1 N–H and O–H groups in total. The molecule has 1 unspecified atom stereocenters. The second kappa shape index (κ2) is 5.71. The van der Waals surface area contributed by atoms with Crippen molar-refractivity contribution in [1.29, 1.82) is 0 Å². The number of piperidine rings is 1. The summed E-state index contributed by atoms with van der Waals surface area (Å²) < 4.78 is 30.9. The van der Waals surface area contributed by atoms with Gasteiger partial charge in [0.1, 0.15) is 17.4 Å². The quantitative estimate of drug-likeness (QED) is 0.782. The van der Waals surface area contributed by atoms with Gasteiger partial charge in [-0.05, 0) is 25.0 Å². The van der Waals surface area contributed by atoms with Gasteiger partial charge in [-0.1, -0.05) is 12.1 Å². The molecule has 0 spiro atoms. The van der Waals surface area contributed by atoms with Gasteiger partial charge in [0.2, 0.25) is 10.0 Å². The van der Waals surface area contributed by atoms with E-state index in [2.05, 4.69) is 15.3 Å². The minimum atomic E-state index is -3.18. The number of aromatic nitrogens is 2. The molecule has 24 heavy (non-hydrogen) atoms. The number of benzene rings is 1. The van der Waals surface area contributed by atoms with Gasteiger partial charge in [-0.2, -0.15) is 0 Å². The number of furan rings is 1. The Hall–Kier alpha value is -2.19. The number of hydrogen-bond acceptors (Lipinski definition) is 6. The van der Waals surface area contributed by atoms with E-state index in [9.17, 15) is 8.42 Å². The molecule has 4 rings (SSSR count). The van der Waals surface area contributed by atoms with Crippen LogP contribution in [-0.4, -0.2) is 48.1 Å². The molecule has 3 heterocycles. The minimum Gasteiger partial charge on any atom is -0.450 e. The lowest BCUT2D eigenvalue weighted by molar-refractivity contribution is 0.329. The number of fused-ring (bicyclic) bond motifs is 3. The zero-order valence-electron chi connectivity index (χ0n) is 13.3. The van der Waals surface area contributed by atoms with Crippen molar-refractivity contribution < 1.29 is 12.8 Å². The molecule has 0 amide bonds. The van der Waals surface area contributed by atoms with Crippen molar-refractivity contribution in [3.63, 3.8) is 0 Å². The van der Waals surface area contributed by atoms with Gasteiger partial charge < -0.3 is 9.73 Å². The van der Waals surface area contributed by atoms with E-state index in [1.165, 1.54) is 16.9 Å². The van der Waals surface area contributed by atoms with Crippen LogP contribution in [0, 0.1) is 0 Å². The van der Waals surface area contributed by atoms with Crippen LogP contribution < -0.4 is 5.32 Å². The third-order valence-corrected chi connectivity index (χ3v) is 5.62. The summed E-state index contributed by atoms with van der Waals surface area (Å²) in [7, 11) is -3.18. The van der Waals surface area contributed by atoms with Crippen LogP contribution in [0.25, 0.3) is 22.1 Å². The minimum absolute atomic E-state index is 0.000197. The summed E-state index contributed by atoms with van der Waals surface area (Å²) in [5.74, 6) is 0.608. The van der Waals surface area contributed by atoms with Gasteiger partial charge in [0.25, 0.3) is 0 Å². The van der Waals surface area contributed by atoms with Crippen molar-refractivity contribution in [2.24, 2.45) is 0 Å². The summed E-state index contributed by atoms with van der Waals surface area (Å²) in [6, 6.07) is 7.71. The second-order valence-electron chi connectivity index (χ2n) is 6.10. The molecule has 1 atom stereocenters. The van der Waals surface area contributed by atoms with Crippen LogP contribution in [0.1, 0.15) is 12.8 Å². The highest BCUT2D eigenvalue weighted by Crippen LogP contribution is 2.31. The summed E-state index contributed by atoms with van der Waals surface area (Å²) in [6.45, 7) is 1.01. The zero-order chi connectivity index (χ0) is 16.7. The Morgan fingerprint density at radius 3 is 2.96 bits per heavy atom. The summed E-state index contributed by atoms with van der Waals surface area (Å²) >= 11 is 0. The summed E-state index contributed by atoms with van der Waals surface area (Å²) in [6.07, 6.45) is 4.46. The average molecular weight is 346 g/mol. The van der Waals surface area contributed by atoms with E-state index >= 15 is 0 Å². The molecule has 0 saturated carbocycles. The maximum Gasteiger partial charge on any atom is 0.211 e. The van der Waals surface area contributed by atoms with Crippen molar-refractivity contribution in [3.05, 3.63) is 30.6 Å². The van der Waals surface area contributed by atoms with Crippen LogP contribution in [0.2, 0.25) is 0 Å². The van der Waals surface area contributed by atoms with Crippen LogP contribution in [0.15, 0.2) is 35.0 Å². The maximum atomic E-state index is 11.8. The largest absolute Gasteiger partial charge is 0.450 e. The van der Waals surface area contributed by atoms with Gasteiger partial charge in [0.05, 0.1) is 6.26 Å². The van der Waals surface area contributed by atoms with E-state index in [4.69, 9.17) is 4.42 Å². The molecule has 7 nitrogen and oxygen atoms in total. The molecule has 1 saturated heterocycles. The number of anilines is 1. The number of rotatable bonds is 3. The summed E-state index contributed by atoms with van der Waals surface area (Å²) in [4.78, 5) is 8.63. The summed E-state index contributed by atoms with van der Waals surface area (Å²) in [5.41, 5.74) is 2.13. The van der Waals surface area contributed by atoms with E-state index < -0.39 is 10.0 Å². The molecule has 1 fully saturated rings. The fourth-order valence-electron chi connectivity index (χ4n) is 3.18. The Kier molecular flexibility index (Phi) is 3.65. The first-order valence-electron chi connectivity index (χ1n) is 7.86. The predicted octanol–water partition coefficient (Wildman–Crippen LogP) is 2.21. The number of para-hydroxylation sites is 1. The number of sulfonamides is 1. The Morgan fingerprint density at radius 2 is 2.12 bits per heavy atom. The highest BCUT2D eigenvalue weighted by Gasteiger charge is 2.26. The van der Waals surface area contributed by atoms with Crippen molar-refractivity contribution in [2.75, 3.05) is 24.7 Å². The van der Waals surface area contributed by atoms with Crippen molar-refractivity contribution in [2.45, 2.75) is 18.9 Å². The lowest BCUT2D eigenvalue weighted by Crippen LogP contribution is -2.44. The first kappa shape index (κ1) is 15.3. The van der Waals surface area contributed by atoms with Crippen LogP contribution in [0.3, 0.4) is 0 Å². The van der Waals surface area contributed by atoms with E-state index in [0.29, 0.717) is 24.5 Å². The predicted molar refractivity (Wildman–Crippen MR) is 92.4 cm³/mol. The molecule has 8 heteroatoms. The van der Waals surface area contributed by atoms with Crippen molar-refractivity contribution in [3.8, 4) is 0 Å². The summed E-state index contributed by atoms with van der Waals surface area (Å²) in [5, 5.41) is 4.28. The van der Waals surface area contributed by atoms with Gasteiger partial charge in [0, 0.05) is 24.5 Å². The molecule has 1 aromatic carbocycles. The Balaban J connectivity index is 1.67. The number of nitrogens with zero attached hydrogens (tertiary/aromatic N) is 3. The van der Waals surface area contributed by atoms with Gasteiger partial charge in [0.15, 0.2) is 11.4 Å². The fourth-order valence-corrected chi connectivity index (χ4v) is 4.09. The number of nitrogens with one attached hydrogen (secondary N) is 1. The molecule has 126 valence electrons. The highest BCUT2D eigenvalue weighted by molar-refractivity contribution is 7.88. The van der Waals surface area contributed by atoms with Crippen molar-refractivity contribution >= 4 is 37.9 Å². The zero-order valence-corrected chi connectivity index (χ0v) is 14.1. The molecule has 1 aliphatic rings. The second-order valence-corrected chi connectivity index (χ2v) is 8.09. The molecule has 0 bridgehead atoms. The van der Waals surface area contributed by atoms with Gasteiger partial charge in [-0.25, -0.2) is 22.7 Å².